The maximum atomic E-state index is 12.7. The Balaban J connectivity index is 1.85. The molecule has 1 heterocycles. The van der Waals surface area contributed by atoms with Gasteiger partial charge in [-0.2, -0.15) is 0 Å². The van der Waals surface area contributed by atoms with E-state index in [0.717, 1.165) is 12.1 Å². The molecule has 1 amide bonds. The van der Waals surface area contributed by atoms with E-state index in [2.05, 4.69) is 4.72 Å². The van der Waals surface area contributed by atoms with Gasteiger partial charge in [-0.3, -0.25) is 9.52 Å². The van der Waals surface area contributed by atoms with Crippen LogP contribution >= 0.6 is 0 Å². The lowest BCUT2D eigenvalue weighted by Crippen LogP contribution is -2.24. The van der Waals surface area contributed by atoms with E-state index in [0.29, 0.717) is 30.0 Å². The third-order valence-electron chi connectivity index (χ3n) is 4.18. The topological polar surface area (TPSA) is 75.7 Å². The largest absolute Gasteiger partial charge is 0.497 e. The van der Waals surface area contributed by atoms with Crippen molar-refractivity contribution in [2.24, 2.45) is 0 Å². The predicted octanol–water partition coefficient (Wildman–Crippen LogP) is 2.93. The fourth-order valence-corrected chi connectivity index (χ4v) is 4.18. The molecule has 1 saturated heterocycles. The van der Waals surface area contributed by atoms with Crippen molar-refractivity contribution >= 4 is 27.3 Å². The summed E-state index contributed by atoms with van der Waals surface area (Å²) in [7, 11) is -2.16. The van der Waals surface area contributed by atoms with Crippen molar-refractivity contribution in [2.45, 2.75) is 24.7 Å². The third-order valence-corrected chi connectivity index (χ3v) is 5.72. The standard InChI is InChI=1S/C18H20N2O4S/c1-13-12-15(20-11-3-4-18(20)21)7-10-17(13)25(22,23)19-14-5-8-16(24-2)9-6-14/h5-10,12,19H,3-4,11H2,1-2H3. The number of carbonyl (C=O) groups excluding carboxylic acids is 1. The van der Waals surface area contributed by atoms with Gasteiger partial charge in [-0.1, -0.05) is 0 Å². The molecule has 0 saturated carbocycles. The summed E-state index contributed by atoms with van der Waals surface area (Å²) in [6.07, 6.45) is 1.37. The van der Waals surface area contributed by atoms with E-state index in [1.54, 1.807) is 61.4 Å². The summed E-state index contributed by atoms with van der Waals surface area (Å²) in [5.41, 5.74) is 1.79. The highest BCUT2D eigenvalue weighted by atomic mass is 32.2. The summed E-state index contributed by atoms with van der Waals surface area (Å²) in [5, 5.41) is 0. The third kappa shape index (κ3) is 3.61. The van der Waals surface area contributed by atoms with Crippen LogP contribution in [0.2, 0.25) is 0 Å². The molecule has 0 aliphatic carbocycles. The van der Waals surface area contributed by atoms with Gasteiger partial charge in [0.15, 0.2) is 0 Å². The second-order valence-electron chi connectivity index (χ2n) is 5.93. The molecule has 7 heteroatoms. The Bertz CT molecular complexity index is 892. The first-order valence-corrected chi connectivity index (χ1v) is 9.47. The second kappa shape index (κ2) is 6.76. The van der Waals surface area contributed by atoms with Gasteiger partial charge in [0, 0.05) is 24.3 Å². The maximum Gasteiger partial charge on any atom is 0.262 e. The highest BCUT2D eigenvalue weighted by Crippen LogP contribution is 2.27. The zero-order valence-corrected chi connectivity index (χ0v) is 15.0. The molecule has 0 atom stereocenters. The summed E-state index contributed by atoms with van der Waals surface area (Å²) in [4.78, 5) is 13.7. The lowest BCUT2D eigenvalue weighted by atomic mass is 10.2. The number of sulfonamides is 1. The second-order valence-corrected chi connectivity index (χ2v) is 7.58. The van der Waals surface area contributed by atoms with Crippen molar-refractivity contribution in [3.8, 4) is 5.75 Å². The van der Waals surface area contributed by atoms with Gasteiger partial charge < -0.3 is 9.64 Å². The molecule has 0 aromatic heterocycles. The number of benzene rings is 2. The summed E-state index contributed by atoms with van der Waals surface area (Å²) in [5.74, 6) is 0.727. The van der Waals surface area contributed by atoms with E-state index < -0.39 is 10.0 Å². The highest BCUT2D eigenvalue weighted by molar-refractivity contribution is 7.92. The van der Waals surface area contributed by atoms with Gasteiger partial charge in [-0.15, -0.1) is 0 Å². The van der Waals surface area contributed by atoms with Gasteiger partial charge in [0.05, 0.1) is 12.0 Å². The molecule has 3 rings (SSSR count). The van der Waals surface area contributed by atoms with Gasteiger partial charge >= 0.3 is 0 Å². The fourth-order valence-electron chi connectivity index (χ4n) is 2.89. The van der Waals surface area contributed by atoms with Crippen LogP contribution in [0.15, 0.2) is 47.4 Å². The van der Waals surface area contributed by atoms with Crippen LogP contribution in [0.3, 0.4) is 0 Å². The molecule has 1 fully saturated rings. The lowest BCUT2D eigenvalue weighted by Gasteiger charge is -2.18. The molecule has 25 heavy (non-hydrogen) atoms. The molecular formula is C18H20N2O4S. The molecule has 132 valence electrons. The number of amides is 1. The average molecular weight is 360 g/mol. The molecule has 6 nitrogen and oxygen atoms in total. The zero-order valence-electron chi connectivity index (χ0n) is 14.2. The molecule has 1 aliphatic heterocycles. The fraction of sp³-hybridized carbons (Fsp3) is 0.278. The number of rotatable bonds is 5. The van der Waals surface area contributed by atoms with Gasteiger partial charge in [0.25, 0.3) is 10.0 Å². The quantitative estimate of drug-likeness (QED) is 0.889. The van der Waals surface area contributed by atoms with Crippen LogP contribution in [0.1, 0.15) is 18.4 Å². The van der Waals surface area contributed by atoms with Crippen molar-refractivity contribution < 1.29 is 17.9 Å². The van der Waals surface area contributed by atoms with E-state index in [-0.39, 0.29) is 10.8 Å². The van der Waals surface area contributed by atoms with E-state index in [9.17, 15) is 13.2 Å². The van der Waals surface area contributed by atoms with Crippen LogP contribution in [0, 0.1) is 6.92 Å². The van der Waals surface area contributed by atoms with Crippen LogP contribution in [0.4, 0.5) is 11.4 Å². The average Bonchev–Trinajstić information content (AvgIpc) is 3.01. The molecule has 1 aliphatic rings. The van der Waals surface area contributed by atoms with E-state index in [1.807, 2.05) is 0 Å². The Morgan fingerprint density at radius 1 is 1.12 bits per heavy atom. The van der Waals surface area contributed by atoms with Gasteiger partial charge in [0.1, 0.15) is 5.75 Å². The number of aryl methyl sites for hydroxylation is 1. The SMILES string of the molecule is COc1ccc(NS(=O)(=O)c2ccc(N3CCCC3=O)cc2C)cc1. The van der Waals surface area contributed by atoms with Gasteiger partial charge in [-0.05, 0) is 61.4 Å². The van der Waals surface area contributed by atoms with E-state index in [1.165, 1.54) is 0 Å². The van der Waals surface area contributed by atoms with Gasteiger partial charge in [0.2, 0.25) is 5.91 Å². The summed E-state index contributed by atoms with van der Waals surface area (Å²) < 4.78 is 32.9. The Kier molecular flexibility index (Phi) is 4.67. The number of nitrogens with zero attached hydrogens (tertiary/aromatic N) is 1. The summed E-state index contributed by atoms with van der Waals surface area (Å²) >= 11 is 0. The molecule has 2 aromatic carbocycles. The monoisotopic (exact) mass is 360 g/mol. The number of nitrogens with one attached hydrogen (secondary N) is 1. The molecular weight excluding hydrogens is 340 g/mol. The van der Waals surface area contributed by atoms with Crippen LogP contribution in [-0.4, -0.2) is 28.0 Å². The molecule has 1 N–H and O–H groups in total. The highest BCUT2D eigenvalue weighted by Gasteiger charge is 2.24. The van der Waals surface area contributed by atoms with Crippen LogP contribution in [0.25, 0.3) is 0 Å². The first-order chi connectivity index (χ1) is 11.9. The predicted molar refractivity (Wildman–Crippen MR) is 96.6 cm³/mol. The van der Waals surface area contributed by atoms with Crippen LogP contribution < -0.4 is 14.4 Å². The van der Waals surface area contributed by atoms with Crippen molar-refractivity contribution in [2.75, 3.05) is 23.3 Å². The lowest BCUT2D eigenvalue weighted by molar-refractivity contribution is -0.117. The molecule has 0 unspecified atom stereocenters. The Labute approximate surface area is 147 Å². The number of hydrogen-bond acceptors (Lipinski definition) is 4. The van der Waals surface area contributed by atoms with Crippen molar-refractivity contribution in [1.82, 2.24) is 0 Å². The minimum absolute atomic E-state index is 0.0753. The summed E-state index contributed by atoms with van der Waals surface area (Å²) in [6.45, 7) is 2.40. The smallest absolute Gasteiger partial charge is 0.262 e. The minimum Gasteiger partial charge on any atom is -0.497 e. The molecule has 2 aromatic rings. The number of methoxy groups -OCH3 is 1. The van der Waals surface area contributed by atoms with Crippen molar-refractivity contribution in [3.63, 3.8) is 0 Å². The van der Waals surface area contributed by atoms with Crippen molar-refractivity contribution in [1.29, 1.82) is 0 Å². The van der Waals surface area contributed by atoms with Gasteiger partial charge in [-0.25, -0.2) is 8.42 Å². The first kappa shape index (κ1) is 17.3. The maximum absolute atomic E-state index is 12.7. The van der Waals surface area contributed by atoms with Crippen LogP contribution in [0.5, 0.6) is 5.75 Å². The van der Waals surface area contributed by atoms with Crippen LogP contribution in [-0.2, 0) is 14.8 Å². The van der Waals surface area contributed by atoms with Crippen molar-refractivity contribution in [3.05, 3.63) is 48.0 Å². The first-order valence-electron chi connectivity index (χ1n) is 7.98. The molecule has 0 spiro atoms. The molecule has 0 bridgehead atoms. The minimum atomic E-state index is -3.71. The number of carbonyl (C=O) groups is 1. The van der Waals surface area contributed by atoms with E-state index in [4.69, 9.17) is 4.74 Å². The van der Waals surface area contributed by atoms with E-state index >= 15 is 0 Å². The summed E-state index contributed by atoms with van der Waals surface area (Å²) in [6, 6.07) is 11.6. The number of ether oxygens (including phenoxy) is 1. The number of anilines is 2. The normalized spacial score (nSPS) is 14.6. The number of hydrogen-bond donors (Lipinski definition) is 1. The molecule has 0 radical (unpaired) electrons. The Hall–Kier alpha value is -2.54. The zero-order chi connectivity index (χ0) is 18.0. The Morgan fingerprint density at radius 3 is 2.40 bits per heavy atom. The Morgan fingerprint density at radius 2 is 1.84 bits per heavy atom.